The molecule has 2 aromatic carbocycles. The van der Waals surface area contributed by atoms with Gasteiger partial charge in [-0.3, -0.25) is 20.2 Å². The van der Waals surface area contributed by atoms with Crippen molar-refractivity contribution < 1.29 is 9.59 Å². The zero-order valence-corrected chi connectivity index (χ0v) is 14.5. The molecule has 24 heavy (non-hydrogen) atoms. The predicted molar refractivity (Wildman–Crippen MR) is 98.6 cm³/mol. The third kappa shape index (κ3) is 3.90. The summed E-state index contributed by atoms with van der Waals surface area (Å²) in [5, 5.41) is 4.87. The van der Waals surface area contributed by atoms with Gasteiger partial charge in [-0.2, -0.15) is 0 Å². The zero-order valence-electron chi connectivity index (χ0n) is 12.8. The van der Waals surface area contributed by atoms with Crippen LogP contribution in [0.2, 0.25) is 0 Å². The number of carbonyl (C=O) groups excluding carboxylic acids is 2. The Bertz CT molecular complexity index is 818. The smallest absolute Gasteiger partial charge is 0.263 e. The summed E-state index contributed by atoms with van der Waals surface area (Å²) >= 11 is 6.43. The van der Waals surface area contributed by atoms with E-state index in [1.807, 2.05) is 24.3 Å². The molecule has 6 heteroatoms. The Labute approximate surface area is 149 Å². The maximum Gasteiger partial charge on any atom is 0.263 e. The number of aryl methyl sites for hydroxylation is 1. The number of rotatable bonds is 3. The van der Waals surface area contributed by atoms with Crippen molar-refractivity contribution in [1.29, 1.82) is 0 Å². The van der Waals surface area contributed by atoms with Crippen molar-refractivity contribution in [3.8, 4) is 0 Å². The minimum Gasteiger partial charge on any atom is -0.299 e. The van der Waals surface area contributed by atoms with Crippen molar-refractivity contribution in [3.05, 3.63) is 65.2 Å². The SMILES string of the molecule is Cc1ccc(Sc2ccc(C=C3C(=O)NC(=S)NC3=O)cc2)cc1. The minimum atomic E-state index is -0.484. The lowest BCUT2D eigenvalue weighted by atomic mass is 10.1. The maximum atomic E-state index is 11.8. The molecule has 0 aromatic heterocycles. The molecule has 0 spiro atoms. The third-order valence-electron chi connectivity index (χ3n) is 3.39. The highest BCUT2D eigenvalue weighted by molar-refractivity contribution is 7.99. The Morgan fingerprint density at radius 2 is 1.38 bits per heavy atom. The van der Waals surface area contributed by atoms with Crippen LogP contribution >= 0.6 is 24.0 Å². The number of benzene rings is 2. The lowest BCUT2D eigenvalue weighted by molar-refractivity contribution is -0.123. The van der Waals surface area contributed by atoms with E-state index in [4.69, 9.17) is 12.2 Å². The maximum absolute atomic E-state index is 11.8. The minimum absolute atomic E-state index is 0.0343. The van der Waals surface area contributed by atoms with E-state index in [1.165, 1.54) is 5.56 Å². The Morgan fingerprint density at radius 3 is 1.92 bits per heavy atom. The molecular formula is C18H14N2O2S2. The molecular weight excluding hydrogens is 340 g/mol. The molecule has 1 heterocycles. The molecule has 120 valence electrons. The van der Waals surface area contributed by atoms with Crippen LogP contribution in [-0.4, -0.2) is 16.9 Å². The summed E-state index contributed by atoms with van der Waals surface area (Å²) in [7, 11) is 0. The van der Waals surface area contributed by atoms with E-state index in [0.29, 0.717) is 0 Å². The van der Waals surface area contributed by atoms with Gasteiger partial charge in [0.2, 0.25) is 0 Å². The molecule has 2 amide bonds. The van der Waals surface area contributed by atoms with Gasteiger partial charge in [0, 0.05) is 9.79 Å². The molecule has 1 aliphatic rings. The van der Waals surface area contributed by atoms with Crippen LogP contribution in [0, 0.1) is 6.92 Å². The molecule has 0 unspecified atom stereocenters. The number of carbonyl (C=O) groups is 2. The molecule has 1 fully saturated rings. The Hall–Kier alpha value is -2.44. The summed E-state index contributed by atoms with van der Waals surface area (Å²) in [6.07, 6.45) is 1.55. The molecule has 0 saturated carbocycles. The van der Waals surface area contributed by atoms with Gasteiger partial charge in [-0.1, -0.05) is 41.6 Å². The highest BCUT2D eigenvalue weighted by Gasteiger charge is 2.25. The molecule has 2 aromatic rings. The Balaban J connectivity index is 1.76. The molecule has 2 N–H and O–H groups in total. The number of hydrogen-bond acceptors (Lipinski definition) is 4. The summed E-state index contributed by atoms with van der Waals surface area (Å²) in [5.74, 6) is -0.969. The highest BCUT2D eigenvalue weighted by Crippen LogP contribution is 2.28. The lowest BCUT2D eigenvalue weighted by Gasteiger charge is -2.16. The lowest BCUT2D eigenvalue weighted by Crippen LogP contribution is -2.51. The van der Waals surface area contributed by atoms with Gasteiger partial charge >= 0.3 is 0 Å². The second kappa shape index (κ2) is 6.98. The second-order valence-electron chi connectivity index (χ2n) is 5.28. The van der Waals surface area contributed by atoms with E-state index in [-0.39, 0.29) is 10.7 Å². The molecule has 0 aliphatic carbocycles. The highest BCUT2D eigenvalue weighted by atomic mass is 32.2. The summed E-state index contributed by atoms with van der Waals surface area (Å²) in [6.45, 7) is 2.06. The molecule has 0 radical (unpaired) electrons. The van der Waals surface area contributed by atoms with E-state index in [0.717, 1.165) is 15.4 Å². The monoisotopic (exact) mass is 354 g/mol. The predicted octanol–water partition coefficient (Wildman–Crippen LogP) is 3.06. The van der Waals surface area contributed by atoms with E-state index in [9.17, 15) is 9.59 Å². The molecule has 1 aliphatic heterocycles. The van der Waals surface area contributed by atoms with Crippen LogP contribution in [0.1, 0.15) is 11.1 Å². The number of amides is 2. The van der Waals surface area contributed by atoms with Crippen LogP contribution in [0.4, 0.5) is 0 Å². The van der Waals surface area contributed by atoms with Crippen molar-refractivity contribution in [2.24, 2.45) is 0 Å². The number of nitrogens with one attached hydrogen (secondary N) is 2. The van der Waals surface area contributed by atoms with Crippen molar-refractivity contribution >= 4 is 47.0 Å². The zero-order chi connectivity index (χ0) is 17.1. The number of thiocarbonyl (C=S) groups is 1. The first-order valence-corrected chi connectivity index (χ1v) is 8.47. The average molecular weight is 354 g/mol. The van der Waals surface area contributed by atoms with Crippen molar-refractivity contribution in [1.82, 2.24) is 10.6 Å². The fourth-order valence-corrected chi connectivity index (χ4v) is 3.15. The van der Waals surface area contributed by atoms with Crippen LogP contribution in [0.25, 0.3) is 6.08 Å². The molecule has 4 nitrogen and oxygen atoms in total. The van der Waals surface area contributed by atoms with E-state index >= 15 is 0 Å². The second-order valence-corrected chi connectivity index (χ2v) is 6.83. The van der Waals surface area contributed by atoms with Gasteiger partial charge in [0.25, 0.3) is 11.8 Å². The van der Waals surface area contributed by atoms with Crippen molar-refractivity contribution in [3.63, 3.8) is 0 Å². The summed E-state index contributed by atoms with van der Waals surface area (Å²) in [4.78, 5) is 25.9. The summed E-state index contributed by atoms with van der Waals surface area (Å²) in [6, 6.07) is 16.0. The molecule has 1 saturated heterocycles. The van der Waals surface area contributed by atoms with Crippen LogP contribution in [0.5, 0.6) is 0 Å². The van der Waals surface area contributed by atoms with Gasteiger partial charge in [-0.25, -0.2) is 0 Å². The quantitative estimate of drug-likeness (QED) is 0.505. The topological polar surface area (TPSA) is 58.2 Å². The van der Waals surface area contributed by atoms with Crippen LogP contribution in [0.15, 0.2) is 63.9 Å². The first-order chi connectivity index (χ1) is 11.5. The van der Waals surface area contributed by atoms with E-state index in [2.05, 4.69) is 41.8 Å². The average Bonchev–Trinajstić information content (AvgIpc) is 2.54. The fourth-order valence-electron chi connectivity index (χ4n) is 2.15. The largest absolute Gasteiger partial charge is 0.299 e. The first kappa shape index (κ1) is 16.4. The summed E-state index contributed by atoms with van der Waals surface area (Å²) < 4.78 is 0. The van der Waals surface area contributed by atoms with Gasteiger partial charge in [0.05, 0.1) is 0 Å². The Kier molecular flexibility index (Phi) is 4.78. The molecule has 0 atom stereocenters. The van der Waals surface area contributed by atoms with E-state index in [1.54, 1.807) is 17.8 Å². The number of hydrogen-bond donors (Lipinski definition) is 2. The van der Waals surface area contributed by atoms with Crippen molar-refractivity contribution in [2.75, 3.05) is 0 Å². The molecule has 0 bridgehead atoms. The van der Waals surface area contributed by atoms with Gasteiger partial charge in [-0.15, -0.1) is 0 Å². The normalized spacial score (nSPS) is 14.2. The van der Waals surface area contributed by atoms with Gasteiger partial charge < -0.3 is 0 Å². The third-order valence-corrected chi connectivity index (χ3v) is 4.61. The van der Waals surface area contributed by atoms with Gasteiger partial charge in [0.15, 0.2) is 5.11 Å². The fraction of sp³-hybridized carbons (Fsp3) is 0.0556. The van der Waals surface area contributed by atoms with Gasteiger partial charge in [-0.05, 0) is 55.0 Å². The van der Waals surface area contributed by atoms with Crippen LogP contribution in [0.3, 0.4) is 0 Å². The first-order valence-electron chi connectivity index (χ1n) is 7.24. The molecule has 3 rings (SSSR count). The van der Waals surface area contributed by atoms with Crippen molar-refractivity contribution in [2.45, 2.75) is 16.7 Å². The van der Waals surface area contributed by atoms with E-state index < -0.39 is 11.8 Å². The van der Waals surface area contributed by atoms with Crippen LogP contribution in [-0.2, 0) is 9.59 Å². The van der Waals surface area contributed by atoms with Crippen LogP contribution < -0.4 is 10.6 Å². The summed E-state index contributed by atoms with van der Waals surface area (Å²) in [5.41, 5.74) is 2.05. The Morgan fingerprint density at radius 1 is 0.875 bits per heavy atom. The standard InChI is InChI=1S/C18H14N2O2S2/c1-11-2-6-13(7-3-11)24-14-8-4-12(5-9-14)10-15-16(21)19-18(23)20-17(15)22/h2-10H,1H3,(H2,19,20,21,22,23). The van der Waals surface area contributed by atoms with Gasteiger partial charge in [0.1, 0.15) is 5.57 Å².